The van der Waals surface area contributed by atoms with Gasteiger partial charge in [-0.05, 0) is 24.6 Å². The largest absolute Gasteiger partial charge is 0.475 e. The molecule has 2 heterocycles. The number of hydrogen-bond donors (Lipinski definition) is 0. The van der Waals surface area contributed by atoms with Gasteiger partial charge in [0.05, 0.1) is 13.2 Å². The first-order valence-electron chi connectivity index (χ1n) is 8.44. The fourth-order valence-electron chi connectivity index (χ4n) is 2.75. The number of carbonyl (C=O) groups is 1. The Labute approximate surface area is 167 Å². The van der Waals surface area contributed by atoms with Crippen LogP contribution in [-0.2, 0) is 10.9 Å². The summed E-state index contributed by atoms with van der Waals surface area (Å²) >= 11 is 3.41. The average Bonchev–Trinajstić information content (AvgIpc) is 2.68. The zero-order valence-corrected chi connectivity index (χ0v) is 16.5. The molecular formula is C18H17BrF3N3O3. The van der Waals surface area contributed by atoms with Crippen molar-refractivity contribution in [2.45, 2.75) is 19.2 Å². The average molecular weight is 460 g/mol. The molecule has 10 heteroatoms. The van der Waals surface area contributed by atoms with Gasteiger partial charge in [0.15, 0.2) is 0 Å². The molecule has 1 unspecified atom stereocenters. The number of nitrogens with zero attached hydrogens (tertiary/aromatic N) is 3. The number of benzene rings is 1. The van der Waals surface area contributed by atoms with E-state index in [0.29, 0.717) is 18.7 Å². The Kier molecular flexibility index (Phi) is 6.19. The van der Waals surface area contributed by atoms with Crippen molar-refractivity contribution in [3.05, 3.63) is 51.9 Å². The molecule has 1 aromatic carbocycles. The van der Waals surface area contributed by atoms with Crippen molar-refractivity contribution >= 4 is 21.8 Å². The molecule has 0 N–H and O–H groups in total. The van der Waals surface area contributed by atoms with E-state index >= 15 is 0 Å². The Morgan fingerprint density at radius 1 is 1.39 bits per heavy atom. The molecule has 2 aromatic rings. The van der Waals surface area contributed by atoms with Crippen molar-refractivity contribution in [3.8, 4) is 5.88 Å². The number of rotatable bonds is 4. The Hall–Kier alpha value is -2.20. The quantitative estimate of drug-likeness (QED) is 0.700. The normalized spacial score (nSPS) is 17.5. The summed E-state index contributed by atoms with van der Waals surface area (Å²) in [5.41, 5.74) is 1.43. The fourth-order valence-corrected chi connectivity index (χ4v) is 3.12. The molecule has 28 heavy (non-hydrogen) atoms. The third-order valence-corrected chi connectivity index (χ3v) is 5.08. The van der Waals surface area contributed by atoms with Gasteiger partial charge in [-0.2, -0.15) is 18.2 Å². The summed E-state index contributed by atoms with van der Waals surface area (Å²) in [6.07, 6.45) is -4.14. The Balaban J connectivity index is 1.63. The molecule has 150 valence electrons. The predicted octanol–water partition coefficient (Wildman–Crippen LogP) is 3.49. The van der Waals surface area contributed by atoms with E-state index in [1.54, 1.807) is 17.0 Å². The Morgan fingerprint density at radius 2 is 2.18 bits per heavy atom. The number of morpholine rings is 1. The van der Waals surface area contributed by atoms with E-state index < -0.39 is 18.1 Å². The highest BCUT2D eigenvalue weighted by atomic mass is 79.9. The minimum atomic E-state index is -4.65. The van der Waals surface area contributed by atoms with Crippen LogP contribution in [0.15, 0.2) is 34.9 Å². The van der Waals surface area contributed by atoms with Gasteiger partial charge in [0.2, 0.25) is 11.7 Å². The molecule has 0 aliphatic carbocycles. The first-order chi connectivity index (χ1) is 13.3. The SMILES string of the molecule is Cc1c(Br)cccc1C(=O)N1CCOC(COc2ccnc(C(F)(F)F)n2)C1. The summed E-state index contributed by atoms with van der Waals surface area (Å²) in [6, 6.07) is 6.65. The van der Waals surface area contributed by atoms with E-state index in [1.165, 1.54) is 6.07 Å². The van der Waals surface area contributed by atoms with Gasteiger partial charge in [-0.15, -0.1) is 0 Å². The summed E-state index contributed by atoms with van der Waals surface area (Å²) in [6.45, 7) is 2.82. The fraction of sp³-hybridized carbons (Fsp3) is 0.389. The Morgan fingerprint density at radius 3 is 2.93 bits per heavy atom. The molecule has 3 rings (SSSR count). The number of halogens is 4. The lowest BCUT2D eigenvalue weighted by Crippen LogP contribution is -2.47. The standard InChI is InChI=1S/C18H17BrF3N3O3/c1-11-13(3-2-4-14(11)19)16(26)25-7-8-27-12(9-25)10-28-15-5-6-23-17(24-15)18(20,21)22/h2-6,12H,7-10H2,1H3. The number of alkyl halides is 3. The van der Waals surface area contributed by atoms with Crippen molar-refractivity contribution in [2.75, 3.05) is 26.3 Å². The maximum absolute atomic E-state index is 12.8. The molecule has 0 bridgehead atoms. The Bertz CT molecular complexity index is 863. The van der Waals surface area contributed by atoms with Crippen LogP contribution in [0, 0.1) is 6.92 Å². The summed E-state index contributed by atoms with van der Waals surface area (Å²) in [5.74, 6) is -1.60. The van der Waals surface area contributed by atoms with Crippen LogP contribution in [0.1, 0.15) is 21.7 Å². The first-order valence-corrected chi connectivity index (χ1v) is 9.24. The predicted molar refractivity (Wildman–Crippen MR) is 97.1 cm³/mol. The number of hydrogen-bond acceptors (Lipinski definition) is 5. The minimum Gasteiger partial charge on any atom is -0.475 e. The van der Waals surface area contributed by atoms with E-state index in [-0.39, 0.29) is 24.9 Å². The highest BCUT2D eigenvalue weighted by molar-refractivity contribution is 9.10. The lowest BCUT2D eigenvalue weighted by molar-refractivity contribution is -0.145. The monoisotopic (exact) mass is 459 g/mol. The van der Waals surface area contributed by atoms with Crippen LogP contribution in [0.3, 0.4) is 0 Å². The topological polar surface area (TPSA) is 64.6 Å². The lowest BCUT2D eigenvalue weighted by Gasteiger charge is -2.33. The summed E-state index contributed by atoms with van der Waals surface area (Å²) < 4.78 is 49.8. The van der Waals surface area contributed by atoms with Gasteiger partial charge in [-0.3, -0.25) is 4.79 Å². The van der Waals surface area contributed by atoms with Crippen LogP contribution >= 0.6 is 15.9 Å². The third kappa shape index (κ3) is 4.79. The second kappa shape index (κ2) is 8.44. The van der Waals surface area contributed by atoms with Crippen LogP contribution in [-0.4, -0.2) is 53.2 Å². The van der Waals surface area contributed by atoms with E-state index in [0.717, 1.165) is 16.2 Å². The van der Waals surface area contributed by atoms with Crippen molar-refractivity contribution < 1.29 is 27.4 Å². The molecule has 1 aliphatic heterocycles. The van der Waals surface area contributed by atoms with E-state index in [2.05, 4.69) is 25.9 Å². The van der Waals surface area contributed by atoms with Gasteiger partial charge in [0.1, 0.15) is 12.7 Å². The van der Waals surface area contributed by atoms with Gasteiger partial charge in [-0.25, -0.2) is 4.98 Å². The molecule has 1 saturated heterocycles. The highest BCUT2D eigenvalue weighted by Crippen LogP contribution is 2.27. The molecule has 0 radical (unpaired) electrons. The maximum Gasteiger partial charge on any atom is 0.451 e. The van der Waals surface area contributed by atoms with Crippen LogP contribution in [0.25, 0.3) is 0 Å². The van der Waals surface area contributed by atoms with Crippen molar-refractivity contribution in [1.82, 2.24) is 14.9 Å². The van der Waals surface area contributed by atoms with Crippen molar-refractivity contribution in [2.24, 2.45) is 0 Å². The molecule has 1 aromatic heterocycles. The molecule has 6 nitrogen and oxygen atoms in total. The molecule has 1 atom stereocenters. The summed E-state index contributed by atoms with van der Waals surface area (Å²) in [5, 5.41) is 0. The van der Waals surface area contributed by atoms with Gasteiger partial charge >= 0.3 is 6.18 Å². The maximum atomic E-state index is 12.8. The van der Waals surface area contributed by atoms with E-state index in [1.807, 2.05) is 13.0 Å². The van der Waals surface area contributed by atoms with Crippen LogP contribution in [0.4, 0.5) is 13.2 Å². The van der Waals surface area contributed by atoms with Crippen LogP contribution < -0.4 is 4.74 Å². The van der Waals surface area contributed by atoms with Gasteiger partial charge in [0.25, 0.3) is 5.91 Å². The van der Waals surface area contributed by atoms with E-state index in [4.69, 9.17) is 9.47 Å². The molecule has 1 fully saturated rings. The third-order valence-electron chi connectivity index (χ3n) is 4.22. The van der Waals surface area contributed by atoms with Gasteiger partial charge in [-0.1, -0.05) is 22.0 Å². The highest BCUT2D eigenvalue weighted by Gasteiger charge is 2.35. The van der Waals surface area contributed by atoms with Gasteiger partial charge in [0, 0.05) is 28.8 Å². The lowest BCUT2D eigenvalue weighted by atomic mass is 10.1. The van der Waals surface area contributed by atoms with Crippen molar-refractivity contribution in [1.29, 1.82) is 0 Å². The smallest absolute Gasteiger partial charge is 0.451 e. The molecular weight excluding hydrogens is 443 g/mol. The summed E-state index contributed by atoms with van der Waals surface area (Å²) in [4.78, 5) is 21.0. The zero-order valence-electron chi connectivity index (χ0n) is 14.9. The second-order valence-corrected chi connectivity index (χ2v) is 7.04. The van der Waals surface area contributed by atoms with Gasteiger partial charge < -0.3 is 14.4 Å². The number of carbonyl (C=O) groups excluding carboxylic acids is 1. The zero-order chi connectivity index (χ0) is 20.3. The van der Waals surface area contributed by atoms with E-state index in [9.17, 15) is 18.0 Å². The minimum absolute atomic E-state index is 0.0322. The molecule has 1 aliphatic rings. The number of amides is 1. The van der Waals surface area contributed by atoms with Crippen molar-refractivity contribution in [3.63, 3.8) is 0 Å². The molecule has 1 amide bonds. The first kappa shape index (κ1) is 20.5. The van der Waals surface area contributed by atoms with Crippen LogP contribution in [0.2, 0.25) is 0 Å². The number of ether oxygens (including phenoxy) is 2. The second-order valence-electron chi connectivity index (χ2n) is 6.18. The molecule has 0 spiro atoms. The molecule has 0 saturated carbocycles. The summed E-state index contributed by atoms with van der Waals surface area (Å²) in [7, 11) is 0. The number of aromatic nitrogens is 2. The van der Waals surface area contributed by atoms with Crippen LogP contribution in [0.5, 0.6) is 5.88 Å².